The molecular weight excluding hydrogens is 410 g/mol. The molecule has 0 aliphatic rings. The highest BCUT2D eigenvalue weighted by atomic mass is 32.1. The summed E-state index contributed by atoms with van der Waals surface area (Å²) in [6.07, 6.45) is 1.63. The Morgan fingerprint density at radius 3 is 2.39 bits per heavy atom. The van der Waals surface area contributed by atoms with E-state index in [0.717, 1.165) is 11.1 Å². The molecule has 0 fully saturated rings. The predicted octanol–water partition coefficient (Wildman–Crippen LogP) is 4.11. The zero-order chi connectivity index (χ0) is 21.6. The summed E-state index contributed by atoms with van der Waals surface area (Å²) in [4.78, 5) is 30.5. The first-order valence-corrected chi connectivity index (χ1v) is 10.6. The van der Waals surface area contributed by atoms with Crippen molar-refractivity contribution < 1.29 is 9.53 Å². The molecule has 0 bridgehead atoms. The summed E-state index contributed by atoms with van der Waals surface area (Å²) in [5, 5.41) is 3.33. The maximum Gasteiger partial charge on any atom is 0.299 e. The molecule has 4 rings (SSSR count). The second-order valence-corrected chi connectivity index (χ2v) is 7.88. The summed E-state index contributed by atoms with van der Waals surface area (Å²) < 4.78 is 7.13. The van der Waals surface area contributed by atoms with E-state index in [1.165, 1.54) is 15.9 Å². The zero-order valence-electron chi connectivity index (χ0n) is 16.9. The molecule has 156 valence electrons. The Morgan fingerprint density at radius 2 is 1.68 bits per heavy atom. The fourth-order valence-corrected chi connectivity index (χ4v) is 3.99. The minimum absolute atomic E-state index is 0.213. The fraction of sp³-hybridized carbons (Fsp3) is 0.125. The first kappa shape index (κ1) is 20.6. The number of pyridine rings is 1. The molecule has 0 aliphatic heterocycles. The van der Waals surface area contributed by atoms with Gasteiger partial charge in [0.25, 0.3) is 11.5 Å². The largest absolute Gasteiger partial charge is 0.483 e. The molecule has 31 heavy (non-hydrogen) atoms. The minimum Gasteiger partial charge on any atom is -0.483 e. The molecule has 0 radical (unpaired) electrons. The van der Waals surface area contributed by atoms with Crippen molar-refractivity contribution in [3.8, 4) is 10.9 Å². The van der Waals surface area contributed by atoms with E-state index in [1.54, 1.807) is 25.3 Å². The lowest BCUT2D eigenvalue weighted by molar-refractivity contribution is 0.0954. The van der Waals surface area contributed by atoms with E-state index in [4.69, 9.17) is 4.74 Å². The molecule has 1 amide bonds. The number of hydrogen-bond acceptors (Lipinski definition) is 5. The van der Waals surface area contributed by atoms with Gasteiger partial charge in [-0.3, -0.25) is 14.2 Å². The topological polar surface area (TPSA) is 73.2 Å². The Kier molecular flexibility index (Phi) is 6.24. The lowest BCUT2D eigenvalue weighted by Crippen LogP contribution is -2.22. The molecule has 0 atom stereocenters. The third-order valence-electron chi connectivity index (χ3n) is 4.64. The summed E-state index contributed by atoms with van der Waals surface area (Å²) in [6.45, 7) is 2.48. The number of aryl methyl sites for hydroxylation is 1. The first-order valence-electron chi connectivity index (χ1n) is 9.80. The number of carbonyl (C=O) groups is 1. The molecule has 7 heteroatoms. The second kappa shape index (κ2) is 9.40. The molecule has 2 heterocycles. The number of nitrogens with one attached hydrogen (secondary N) is 1. The average molecular weight is 432 g/mol. The highest BCUT2D eigenvalue weighted by Crippen LogP contribution is 2.21. The monoisotopic (exact) mass is 431 g/mol. The molecular formula is C24H21N3O3S. The Balaban J connectivity index is 1.51. The van der Waals surface area contributed by atoms with Crippen molar-refractivity contribution in [3.05, 3.63) is 111 Å². The average Bonchev–Trinajstić information content (AvgIpc) is 3.19. The van der Waals surface area contributed by atoms with Crippen LogP contribution >= 0.6 is 11.3 Å². The van der Waals surface area contributed by atoms with Gasteiger partial charge < -0.3 is 10.1 Å². The van der Waals surface area contributed by atoms with Crippen LogP contribution in [0.5, 0.6) is 5.75 Å². The maximum absolute atomic E-state index is 12.9. The normalized spacial score (nSPS) is 10.6. The van der Waals surface area contributed by atoms with E-state index < -0.39 is 0 Å². The molecule has 4 aromatic rings. The SMILES string of the molecule is Cc1nc(-n2cccc(OCc3ccccc3)c2=O)sc1C(=O)NCc1ccccc1. The predicted molar refractivity (Wildman–Crippen MR) is 121 cm³/mol. The van der Waals surface area contributed by atoms with Gasteiger partial charge in [-0.15, -0.1) is 0 Å². The third kappa shape index (κ3) is 4.90. The number of amides is 1. The standard InChI is InChI=1S/C24H21N3O3S/c1-17-21(22(28)25-15-18-9-4-2-5-10-18)31-24(26-17)27-14-8-13-20(23(27)29)30-16-19-11-6-3-7-12-19/h2-14H,15-16H2,1H3,(H,25,28). The molecule has 6 nitrogen and oxygen atoms in total. The third-order valence-corrected chi connectivity index (χ3v) is 5.80. The van der Waals surface area contributed by atoms with Gasteiger partial charge in [-0.25, -0.2) is 4.98 Å². The van der Waals surface area contributed by atoms with Crippen molar-refractivity contribution in [1.82, 2.24) is 14.9 Å². The minimum atomic E-state index is -0.316. The van der Waals surface area contributed by atoms with Crippen LogP contribution in [0.2, 0.25) is 0 Å². The molecule has 0 aliphatic carbocycles. The second-order valence-electron chi connectivity index (χ2n) is 6.90. The number of benzene rings is 2. The summed E-state index contributed by atoms with van der Waals surface area (Å²) in [5.74, 6) is 0.0175. The van der Waals surface area contributed by atoms with Gasteiger partial charge in [-0.2, -0.15) is 0 Å². The van der Waals surface area contributed by atoms with Gasteiger partial charge in [-0.1, -0.05) is 72.0 Å². The van der Waals surface area contributed by atoms with E-state index in [1.807, 2.05) is 60.7 Å². The molecule has 2 aromatic heterocycles. The molecule has 2 aromatic carbocycles. The van der Waals surface area contributed by atoms with Crippen LogP contribution in [0.1, 0.15) is 26.5 Å². The number of rotatable bonds is 7. The summed E-state index contributed by atoms with van der Waals surface area (Å²) >= 11 is 1.18. The molecule has 0 saturated carbocycles. The van der Waals surface area contributed by atoms with E-state index in [-0.39, 0.29) is 17.2 Å². The number of thiazole rings is 1. The zero-order valence-corrected chi connectivity index (χ0v) is 17.8. The van der Waals surface area contributed by atoms with Crippen molar-refractivity contribution in [2.24, 2.45) is 0 Å². The Hall–Kier alpha value is -3.71. The number of ether oxygens (including phenoxy) is 1. The maximum atomic E-state index is 12.9. The summed E-state index contributed by atoms with van der Waals surface area (Å²) in [7, 11) is 0. The quantitative estimate of drug-likeness (QED) is 0.478. The van der Waals surface area contributed by atoms with Crippen LogP contribution in [0, 0.1) is 6.92 Å². The summed E-state index contributed by atoms with van der Waals surface area (Å²) in [6, 6.07) is 22.7. The molecule has 0 saturated heterocycles. The van der Waals surface area contributed by atoms with Gasteiger partial charge >= 0.3 is 0 Å². The van der Waals surface area contributed by atoms with Gasteiger partial charge in [0.2, 0.25) is 0 Å². The van der Waals surface area contributed by atoms with Gasteiger partial charge in [0.15, 0.2) is 10.9 Å². The lowest BCUT2D eigenvalue weighted by Gasteiger charge is -2.07. The van der Waals surface area contributed by atoms with Crippen LogP contribution < -0.4 is 15.6 Å². The van der Waals surface area contributed by atoms with Gasteiger partial charge in [-0.05, 0) is 30.2 Å². The van der Waals surface area contributed by atoms with Crippen molar-refractivity contribution in [3.63, 3.8) is 0 Å². The molecule has 1 N–H and O–H groups in total. The Labute approximate surface area is 183 Å². The van der Waals surface area contributed by atoms with Crippen LogP contribution in [-0.2, 0) is 13.2 Å². The molecule has 0 spiro atoms. The van der Waals surface area contributed by atoms with Gasteiger partial charge in [0.1, 0.15) is 11.5 Å². The number of carbonyl (C=O) groups excluding carboxylic acids is 1. The fourth-order valence-electron chi connectivity index (χ4n) is 3.02. The van der Waals surface area contributed by atoms with Crippen molar-refractivity contribution >= 4 is 17.2 Å². The molecule has 0 unspecified atom stereocenters. The number of hydrogen-bond donors (Lipinski definition) is 1. The smallest absolute Gasteiger partial charge is 0.299 e. The highest BCUT2D eigenvalue weighted by molar-refractivity contribution is 7.16. The highest BCUT2D eigenvalue weighted by Gasteiger charge is 2.17. The first-order chi connectivity index (χ1) is 15.1. The van der Waals surface area contributed by atoms with Gasteiger partial charge in [0, 0.05) is 12.7 Å². The van der Waals surface area contributed by atoms with Crippen molar-refractivity contribution in [2.75, 3.05) is 0 Å². The van der Waals surface area contributed by atoms with Gasteiger partial charge in [0.05, 0.1) is 5.69 Å². The van der Waals surface area contributed by atoms with E-state index in [0.29, 0.717) is 28.9 Å². The Morgan fingerprint density at radius 1 is 1.00 bits per heavy atom. The van der Waals surface area contributed by atoms with Crippen LogP contribution in [0.3, 0.4) is 0 Å². The van der Waals surface area contributed by atoms with Crippen molar-refractivity contribution in [2.45, 2.75) is 20.1 Å². The summed E-state index contributed by atoms with van der Waals surface area (Å²) in [5.41, 5.74) is 2.24. The van der Waals surface area contributed by atoms with Crippen LogP contribution in [0.25, 0.3) is 5.13 Å². The van der Waals surface area contributed by atoms with Crippen LogP contribution in [0.15, 0.2) is 83.8 Å². The number of aromatic nitrogens is 2. The Bertz CT molecular complexity index is 1230. The lowest BCUT2D eigenvalue weighted by atomic mass is 10.2. The van der Waals surface area contributed by atoms with E-state index in [9.17, 15) is 9.59 Å². The van der Waals surface area contributed by atoms with Crippen LogP contribution in [0.4, 0.5) is 0 Å². The van der Waals surface area contributed by atoms with Crippen LogP contribution in [-0.4, -0.2) is 15.5 Å². The van der Waals surface area contributed by atoms with E-state index >= 15 is 0 Å². The van der Waals surface area contributed by atoms with E-state index in [2.05, 4.69) is 10.3 Å². The number of nitrogens with zero attached hydrogens (tertiary/aromatic N) is 2. The van der Waals surface area contributed by atoms with Crippen molar-refractivity contribution in [1.29, 1.82) is 0 Å².